The molecule has 0 bridgehead atoms. The topological polar surface area (TPSA) is 57.5 Å². The van der Waals surface area contributed by atoms with Crippen LogP contribution in [0, 0.1) is 5.92 Å². The Morgan fingerprint density at radius 1 is 1.24 bits per heavy atom. The number of aromatic hydroxyl groups is 1. The minimum Gasteiger partial charge on any atom is -0.508 e. The molecule has 0 radical (unpaired) electrons. The number of carbonyl (C=O) groups is 1. The molecule has 1 atom stereocenters. The van der Waals surface area contributed by atoms with E-state index in [9.17, 15) is 9.90 Å². The summed E-state index contributed by atoms with van der Waals surface area (Å²) < 4.78 is 0. The summed E-state index contributed by atoms with van der Waals surface area (Å²) in [5.41, 5.74) is 0.679. The van der Waals surface area contributed by atoms with E-state index in [4.69, 9.17) is 5.11 Å². The molecule has 0 aliphatic heterocycles. The van der Waals surface area contributed by atoms with Gasteiger partial charge >= 0.3 is 5.97 Å². The molecule has 2 aromatic carbocycles. The zero-order chi connectivity index (χ0) is 12.4. The van der Waals surface area contributed by atoms with Gasteiger partial charge in [-0.15, -0.1) is 0 Å². The molecule has 0 aliphatic carbocycles. The number of aliphatic carboxylic acids is 1. The van der Waals surface area contributed by atoms with Crippen molar-refractivity contribution in [2.75, 3.05) is 0 Å². The van der Waals surface area contributed by atoms with Crippen LogP contribution in [-0.2, 0) is 11.2 Å². The Kier molecular flexibility index (Phi) is 3.00. The first-order valence-corrected chi connectivity index (χ1v) is 5.51. The maximum atomic E-state index is 10.8. The highest BCUT2D eigenvalue weighted by molar-refractivity contribution is 5.85. The molecule has 3 nitrogen and oxygen atoms in total. The van der Waals surface area contributed by atoms with E-state index in [1.807, 2.05) is 30.3 Å². The third-order valence-electron chi connectivity index (χ3n) is 2.89. The van der Waals surface area contributed by atoms with Crippen LogP contribution in [-0.4, -0.2) is 16.2 Å². The predicted molar refractivity (Wildman–Crippen MR) is 66.1 cm³/mol. The average Bonchev–Trinajstić information content (AvgIpc) is 2.29. The molecule has 0 aliphatic rings. The van der Waals surface area contributed by atoms with Crippen molar-refractivity contribution in [3.05, 3.63) is 42.0 Å². The molecule has 0 saturated heterocycles. The Morgan fingerprint density at radius 2 is 1.82 bits per heavy atom. The molecule has 17 heavy (non-hydrogen) atoms. The SMILES string of the molecule is CC(Cc1cc2ccccc2cc1O)C(=O)O. The van der Waals surface area contributed by atoms with Crippen molar-refractivity contribution in [1.29, 1.82) is 0 Å². The Morgan fingerprint density at radius 3 is 2.41 bits per heavy atom. The summed E-state index contributed by atoms with van der Waals surface area (Å²) in [6, 6.07) is 11.2. The van der Waals surface area contributed by atoms with Gasteiger partial charge in [0.25, 0.3) is 0 Å². The normalized spacial score (nSPS) is 12.5. The highest BCUT2D eigenvalue weighted by Gasteiger charge is 2.14. The van der Waals surface area contributed by atoms with Gasteiger partial charge in [0, 0.05) is 0 Å². The minimum atomic E-state index is -0.849. The number of phenolic OH excluding ortho intramolecular Hbond substituents is 1. The Bertz CT molecular complexity index is 560. The lowest BCUT2D eigenvalue weighted by atomic mass is 9.97. The molecule has 2 N–H and O–H groups in total. The summed E-state index contributed by atoms with van der Waals surface area (Å²) in [7, 11) is 0. The van der Waals surface area contributed by atoms with Crippen LogP contribution >= 0.6 is 0 Å². The fourth-order valence-corrected chi connectivity index (χ4v) is 1.86. The molecule has 2 aromatic rings. The molecule has 0 amide bonds. The van der Waals surface area contributed by atoms with Gasteiger partial charge in [0.05, 0.1) is 5.92 Å². The Hall–Kier alpha value is -2.03. The van der Waals surface area contributed by atoms with Crippen LogP contribution in [0.2, 0.25) is 0 Å². The minimum absolute atomic E-state index is 0.164. The van der Waals surface area contributed by atoms with Crippen LogP contribution in [0.25, 0.3) is 10.8 Å². The largest absolute Gasteiger partial charge is 0.508 e. The molecule has 88 valence electrons. The highest BCUT2D eigenvalue weighted by atomic mass is 16.4. The van der Waals surface area contributed by atoms with Crippen LogP contribution in [0.1, 0.15) is 12.5 Å². The third-order valence-corrected chi connectivity index (χ3v) is 2.89. The molecular weight excluding hydrogens is 216 g/mol. The molecular formula is C14H14O3. The predicted octanol–water partition coefficient (Wildman–Crippen LogP) is 2.81. The van der Waals surface area contributed by atoms with Gasteiger partial charge < -0.3 is 10.2 Å². The first kappa shape index (κ1) is 11.5. The molecule has 0 heterocycles. The first-order valence-electron chi connectivity index (χ1n) is 5.51. The van der Waals surface area contributed by atoms with Crippen molar-refractivity contribution in [1.82, 2.24) is 0 Å². The van der Waals surface area contributed by atoms with E-state index < -0.39 is 11.9 Å². The molecule has 0 saturated carbocycles. The summed E-state index contributed by atoms with van der Waals surface area (Å²) in [5, 5.41) is 20.7. The molecule has 3 heteroatoms. The van der Waals surface area contributed by atoms with Crippen molar-refractivity contribution < 1.29 is 15.0 Å². The summed E-state index contributed by atoms with van der Waals surface area (Å²) in [6.07, 6.45) is 0.339. The second kappa shape index (κ2) is 4.45. The lowest BCUT2D eigenvalue weighted by Crippen LogP contribution is -2.12. The zero-order valence-electron chi connectivity index (χ0n) is 9.55. The number of fused-ring (bicyclic) bond motifs is 1. The number of hydrogen-bond donors (Lipinski definition) is 2. The van der Waals surface area contributed by atoms with Gasteiger partial charge in [0.1, 0.15) is 5.75 Å². The maximum absolute atomic E-state index is 10.8. The first-order chi connectivity index (χ1) is 8.08. The Labute approximate surface area is 99.3 Å². The summed E-state index contributed by atoms with van der Waals surface area (Å²) in [4.78, 5) is 10.8. The van der Waals surface area contributed by atoms with Crippen LogP contribution in [0.4, 0.5) is 0 Å². The van der Waals surface area contributed by atoms with Crippen LogP contribution < -0.4 is 0 Å². The van der Waals surface area contributed by atoms with E-state index in [0.717, 1.165) is 10.8 Å². The van der Waals surface area contributed by atoms with E-state index in [0.29, 0.717) is 12.0 Å². The average molecular weight is 230 g/mol. The summed E-state index contributed by atoms with van der Waals surface area (Å²) in [5.74, 6) is -1.18. The number of carboxylic acids is 1. The molecule has 0 spiro atoms. The second-order valence-corrected chi connectivity index (χ2v) is 4.27. The standard InChI is InChI=1S/C14H14O3/c1-9(14(16)17)6-12-7-10-4-2-3-5-11(10)8-13(12)15/h2-5,7-9,15H,6H2,1H3,(H,16,17). The van der Waals surface area contributed by atoms with Gasteiger partial charge in [0.2, 0.25) is 0 Å². The second-order valence-electron chi connectivity index (χ2n) is 4.27. The fourth-order valence-electron chi connectivity index (χ4n) is 1.86. The van der Waals surface area contributed by atoms with E-state index in [-0.39, 0.29) is 5.75 Å². The van der Waals surface area contributed by atoms with Crippen molar-refractivity contribution in [2.24, 2.45) is 5.92 Å². The number of carboxylic acid groups (broad SMARTS) is 1. The molecule has 0 aromatic heterocycles. The van der Waals surface area contributed by atoms with Crippen molar-refractivity contribution in [2.45, 2.75) is 13.3 Å². The quantitative estimate of drug-likeness (QED) is 0.852. The van der Waals surface area contributed by atoms with E-state index in [1.54, 1.807) is 13.0 Å². The van der Waals surface area contributed by atoms with Gasteiger partial charge in [-0.2, -0.15) is 0 Å². The van der Waals surface area contributed by atoms with E-state index in [1.165, 1.54) is 0 Å². The smallest absolute Gasteiger partial charge is 0.306 e. The number of hydrogen-bond acceptors (Lipinski definition) is 2. The zero-order valence-corrected chi connectivity index (χ0v) is 9.55. The monoisotopic (exact) mass is 230 g/mol. The van der Waals surface area contributed by atoms with Crippen LogP contribution in [0.3, 0.4) is 0 Å². The molecule has 2 rings (SSSR count). The summed E-state index contributed by atoms with van der Waals surface area (Å²) >= 11 is 0. The van der Waals surface area contributed by atoms with Crippen molar-refractivity contribution >= 4 is 16.7 Å². The van der Waals surface area contributed by atoms with Gasteiger partial charge in [-0.05, 0) is 34.9 Å². The number of rotatable bonds is 3. The van der Waals surface area contributed by atoms with Crippen LogP contribution in [0.15, 0.2) is 36.4 Å². The summed E-state index contributed by atoms with van der Waals surface area (Å²) in [6.45, 7) is 1.64. The lowest BCUT2D eigenvalue weighted by molar-refractivity contribution is -0.141. The molecule has 1 unspecified atom stereocenters. The van der Waals surface area contributed by atoms with Gasteiger partial charge in [-0.25, -0.2) is 0 Å². The van der Waals surface area contributed by atoms with Gasteiger partial charge in [0.15, 0.2) is 0 Å². The van der Waals surface area contributed by atoms with E-state index >= 15 is 0 Å². The van der Waals surface area contributed by atoms with Crippen molar-refractivity contribution in [3.8, 4) is 5.75 Å². The Balaban J connectivity index is 2.40. The number of benzene rings is 2. The fraction of sp³-hybridized carbons (Fsp3) is 0.214. The molecule has 0 fully saturated rings. The van der Waals surface area contributed by atoms with Crippen LogP contribution in [0.5, 0.6) is 5.75 Å². The third kappa shape index (κ3) is 2.38. The van der Waals surface area contributed by atoms with Gasteiger partial charge in [-0.1, -0.05) is 31.2 Å². The van der Waals surface area contributed by atoms with Crippen molar-refractivity contribution in [3.63, 3.8) is 0 Å². The highest BCUT2D eigenvalue weighted by Crippen LogP contribution is 2.26. The van der Waals surface area contributed by atoms with E-state index in [2.05, 4.69) is 0 Å². The number of phenols is 1. The lowest BCUT2D eigenvalue weighted by Gasteiger charge is -2.09. The maximum Gasteiger partial charge on any atom is 0.306 e. The van der Waals surface area contributed by atoms with Gasteiger partial charge in [-0.3, -0.25) is 4.79 Å².